The van der Waals surface area contributed by atoms with Gasteiger partial charge in [0.15, 0.2) is 0 Å². The summed E-state index contributed by atoms with van der Waals surface area (Å²) >= 11 is 0. The number of likely N-dealkylation sites (tertiary alicyclic amines) is 1. The van der Waals surface area contributed by atoms with E-state index in [4.69, 9.17) is 0 Å². The molecule has 0 radical (unpaired) electrons. The lowest BCUT2D eigenvalue weighted by atomic mass is 10.0. The van der Waals surface area contributed by atoms with Crippen molar-refractivity contribution in [3.8, 4) is 0 Å². The van der Waals surface area contributed by atoms with Crippen molar-refractivity contribution >= 4 is 5.91 Å². The molecule has 2 fully saturated rings. The number of aromatic nitrogens is 1. The normalized spacial score (nSPS) is 23.6. The molecule has 2 heterocycles. The van der Waals surface area contributed by atoms with Crippen LogP contribution in [-0.4, -0.2) is 34.9 Å². The van der Waals surface area contributed by atoms with Crippen molar-refractivity contribution in [3.63, 3.8) is 0 Å². The molecule has 1 amide bonds. The van der Waals surface area contributed by atoms with Gasteiger partial charge in [-0.05, 0) is 55.4 Å². The van der Waals surface area contributed by atoms with E-state index >= 15 is 0 Å². The molecule has 136 valence electrons. The highest BCUT2D eigenvalue weighted by Crippen LogP contribution is 2.48. The molecule has 4 nitrogen and oxygen atoms in total. The van der Waals surface area contributed by atoms with Gasteiger partial charge in [-0.1, -0.05) is 30.3 Å². The molecule has 1 aliphatic carbocycles. The quantitative estimate of drug-likeness (QED) is 0.901. The van der Waals surface area contributed by atoms with Gasteiger partial charge in [-0.25, -0.2) is 0 Å². The maximum atomic E-state index is 12.6. The van der Waals surface area contributed by atoms with Crippen LogP contribution in [0.2, 0.25) is 0 Å². The highest BCUT2D eigenvalue weighted by atomic mass is 16.2. The number of piperidine rings is 1. The Bertz CT molecular complexity index is 753. The number of aryl methyl sites for hydroxylation is 1. The first-order valence-corrected chi connectivity index (χ1v) is 9.69. The topological polar surface area (TPSA) is 45.2 Å². The van der Waals surface area contributed by atoms with Gasteiger partial charge < -0.3 is 5.32 Å². The fourth-order valence-electron chi connectivity index (χ4n) is 4.10. The molecule has 1 aromatic carbocycles. The number of hydrogen-bond donors (Lipinski definition) is 1. The van der Waals surface area contributed by atoms with Crippen LogP contribution in [0.15, 0.2) is 48.7 Å². The predicted octanol–water partition coefficient (Wildman–Crippen LogP) is 3.27. The molecule has 0 bridgehead atoms. The van der Waals surface area contributed by atoms with E-state index in [-0.39, 0.29) is 11.8 Å². The zero-order chi connectivity index (χ0) is 17.9. The Morgan fingerprint density at radius 1 is 1.15 bits per heavy atom. The van der Waals surface area contributed by atoms with Crippen molar-refractivity contribution in [3.05, 3.63) is 65.5 Å². The molecule has 1 saturated carbocycles. The van der Waals surface area contributed by atoms with Crippen LogP contribution >= 0.6 is 0 Å². The molecule has 2 atom stereocenters. The minimum absolute atomic E-state index is 0.169. The lowest BCUT2D eigenvalue weighted by Crippen LogP contribution is -2.45. The van der Waals surface area contributed by atoms with Crippen LogP contribution in [-0.2, 0) is 11.3 Å². The van der Waals surface area contributed by atoms with Gasteiger partial charge in [0.05, 0.1) is 5.69 Å². The molecule has 4 heteroatoms. The van der Waals surface area contributed by atoms with Crippen molar-refractivity contribution in [1.29, 1.82) is 0 Å². The van der Waals surface area contributed by atoms with Crippen LogP contribution in [0.5, 0.6) is 0 Å². The number of benzene rings is 1. The van der Waals surface area contributed by atoms with Gasteiger partial charge in [-0.3, -0.25) is 14.7 Å². The average molecular weight is 349 g/mol. The summed E-state index contributed by atoms with van der Waals surface area (Å²) in [6, 6.07) is 14.8. The summed E-state index contributed by atoms with van der Waals surface area (Å²) in [5.41, 5.74) is 3.77. The molecule has 26 heavy (non-hydrogen) atoms. The minimum Gasteiger partial charge on any atom is -0.353 e. The second-order valence-electron chi connectivity index (χ2n) is 7.69. The third-order valence-corrected chi connectivity index (χ3v) is 5.76. The first-order chi connectivity index (χ1) is 12.7. The van der Waals surface area contributed by atoms with Crippen molar-refractivity contribution < 1.29 is 4.79 Å². The van der Waals surface area contributed by atoms with E-state index in [2.05, 4.69) is 52.5 Å². The van der Waals surface area contributed by atoms with Crippen LogP contribution in [0, 0.1) is 12.8 Å². The van der Waals surface area contributed by atoms with Crippen molar-refractivity contribution in [2.45, 2.75) is 44.7 Å². The number of amides is 1. The molecule has 2 aromatic rings. The van der Waals surface area contributed by atoms with E-state index in [0.717, 1.165) is 44.6 Å². The Kier molecular flexibility index (Phi) is 5.02. The van der Waals surface area contributed by atoms with Crippen molar-refractivity contribution in [2.75, 3.05) is 13.1 Å². The van der Waals surface area contributed by atoms with Crippen molar-refractivity contribution in [1.82, 2.24) is 15.2 Å². The molecule has 2 aliphatic rings. The van der Waals surface area contributed by atoms with Crippen LogP contribution < -0.4 is 5.32 Å². The van der Waals surface area contributed by atoms with Crippen LogP contribution in [0.25, 0.3) is 0 Å². The summed E-state index contributed by atoms with van der Waals surface area (Å²) in [5, 5.41) is 3.30. The third-order valence-electron chi connectivity index (χ3n) is 5.76. The van der Waals surface area contributed by atoms with Crippen molar-refractivity contribution in [2.24, 2.45) is 5.92 Å². The van der Waals surface area contributed by atoms with E-state index in [0.29, 0.717) is 12.0 Å². The van der Waals surface area contributed by atoms with Gasteiger partial charge in [0.1, 0.15) is 0 Å². The molecule has 1 N–H and O–H groups in total. The van der Waals surface area contributed by atoms with Gasteiger partial charge in [0.2, 0.25) is 5.91 Å². The molecule has 0 spiro atoms. The minimum atomic E-state index is 0.169. The molecular formula is C22H27N3O. The van der Waals surface area contributed by atoms with Gasteiger partial charge in [0.25, 0.3) is 0 Å². The van der Waals surface area contributed by atoms with E-state index in [9.17, 15) is 4.79 Å². The van der Waals surface area contributed by atoms with Gasteiger partial charge in [0, 0.05) is 37.8 Å². The summed E-state index contributed by atoms with van der Waals surface area (Å²) in [6.45, 7) is 5.08. The van der Waals surface area contributed by atoms with E-state index in [1.54, 1.807) is 0 Å². The Hall–Kier alpha value is -2.20. The second kappa shape index (κ2) is 7.58. The number of hydrogen-bond acceptors (Lipinski definition) is 3. The van der Waals surface area contributed by atoms with Gasteiger partial charge >= 0.3 is 0 Å². The summed E-state index contributed by atoms with van der Waals surface area (Å²) in [5.74, 6) is 0.838. The average Bonchev–Trinajstić information content (AvgIpc) is 3.45. The molecular weight excluding hydrogens is 322 g/mol. The smallest absolute Gasteiger partial charge is 0.223 e. The van der Waals surface area contributed by atoms with Crippen LogP contribution in [0.3, 0.4) is 0 Å². The van der Waals surface area contributed by atoms with Crippen LogP contribution in [0.1, 0.15) is 42.0 Å². The molecule has 1 aromatic heterocycles. The number of nitrogens with zero attached hydrogens (tertiary/aromatic N) is 2. The van der Waals surface area contributed by atoms with E-state index in [1.807, 2.05) is 18.3 Å². The molecule has 4 rings (SSSR count). The van der Waals surface area contributed by atoms with Gasteiger partial charge in [-0.15, -0.1) is 0 Å². The summed E-state index contributed by atoms with van der Waals surface area (Å²) < 4.78 is 0. The number of rotatable bonds is 5. The summed E-state index contributed by atoms with van der Waals surface area (Å²) in [4.78, 5) is 19.4. The highest BCUT2D eigenvalue weighted by Gasteiger charge is 2.44. The zero-order valence-corrected chi connectivity index (χ0v) is 15.4. The first-order valence-electron chi connectivity index (χ1n) is 9.69. The maximum absolute atomic E-state index is 12.6. The Balaban J connectivity index is 1.24. The lowest BCUT2D eigenvalue weighted by molar-refractivity contribution is -0.123. The summed E-state index contributed by atoms with van der Waals surface area (Å²) in [7, 11) is 0. The molecule has 0 unspecified atom stereocenters. The fourth-order valence-corrected chi connectivity index (χ4v) is 4.10. The summed E-state index contributed by atoms with van der Waals surface area (Å²) in [6.07, 6.45) is 4.90. The predicted molar refractivity (Wildman–Crippen MR) is 103 cm³/mol. The Morgan fingerprint density at radius 2 is 1.92 bits per heavy atom. The second-order valence-corrected chi connectivity index (χ2v) is 7.69. The lowest BCUT2D eigenvalue weighted by Gasteiger charge is -2.32. The van der Waals surface area contributed by atoms with Gasteiger partial charge in [-0.2, -0.15) is 0 Å². The number of nitrogens with one attached hydrogen (secondary N) is 1. The van der Waals surface area contributed by atoms with Crippen LogP contribution in [0.4, 0.5) is 0 Å². The molecule has 1 saturated heterocycles. The van der Waals surface area contributed by atoms with E-state index in [1.165, 1.54) is 11.1 Å². The maximum Gasteiger partial charge on any atom is 0.223 e. The standard InChI is InChI=1S/C22H27N3O/c1-16-6-2-3-8-19(16)20-14-21(20)22(26)24-17-9-12-25(13-10-17)15-18-7-4-5-11-23-18/h2-8,11,17,20-21H,9-10,12-15H2,1H3,(H,24,26)/t20-,21-/m0/s1. The Labute approximate surface area is 155 Å². The fraction of sp³-hybridized carbons (Fsp3) is 0.455. The van der Waals surface area contributed by atoms with E-state index < -0.39 is 0 Å². The highest BCUT2D eigenvalue weighted by molar-refractivity contribution is 5.83. The number of pyridine rings is 1. The SMILES string of the molecule is Cc1ccccc1[C@@H]1C[C@@H]1C(=O)NC1CCN(Cc2ccccn2)CC1. The number of carbonyl (C=O) groups excluding carboxylic acids is 1. The largest absolute Gasteiger partial charge is 0.353 e. The molecule has 1 aliphatic heterocycles. The Morgan fingerprint density at radius 3 is 2.65 bits per heavy atom. The first kappa shape index (κ1) is 17.2. The third kappa shape index (κ3) is 3.96. The zero-order valence-electron chi connectivity index (χ0n) is 15.4. The number of carbonyl (C=O) groups is 1. The monoisotopic (exact) mass is 349 g/mol.